The average molecular weight is 393 g/mol. The van der Waals surface area contributed by atoms with Crippen LogP contribution in [0.15, 0.2) is 42.5 Å². The van der Waals surface area contributed by atoms with Crippen molar-refractivity contribution in [3.05, 3.63) is 58.6 Å². The summed E-state index contributed by atoms with van der Waals surface area (Å²) in [6.45, 7) is -0.00200. The molecule has 144 valence electrons. The van der Waals surface area contributed by atoms with Gasteiger partial charge in [0.1, 0.15) is 0 Å². The molecule has 1 unspecified atom stereocenters. The number of ether oxygens (including phenoxy) is 2. The van der Waals surface area contributed by atoms with E-state index in [1.54, 1.807) is 42.5 Å². The highest BCUT2D eigenvalue weighted by atomic mass is 35.5. The number of nitrogens with one attached hydrogen (secondary N) is 2. The number of hydrogen-bond acceptors (Lipinski definition) is 5. The van der Waals surface area contributed by atoms with Crippen LogP contribution in [-0.4, -0.2) is 37.7 Å². The summed E-state index contributed by atoms with van der Waals surface area (Å²) in [7, 11) is 2.99. The van der Waals surface area contributed by atoms with Gasteiger partial charge in [-0.25, -0.2) is 0 Å². The van der Waals surface area contributed by atoms with Gasteiger partial charge < -0.3 is 25.2 Å². The van der Waals surface area contributed by atoms with Gasteiger partial charge >= 0.3 is 11.8 Å². The van der Waals surface area contributed by atoms with E-state index in [1.807, 2.05) is 0 Å². The molecule has 0 spiro atoms. The van der Waals surface area contributed by atoms with E-state index >= 15 is 0 Å². The number of methoxy groups -OCH3 is 2. The van der Waals surface area contributed by atoms with Crippen LogP contribution in [0.5, 0.6) is 11.5 Å². The van der Waals surface area contributed by atoms with Gasteiger partial charge in [0.25, 0.3) is 0 Å². The fourth-order valence-corrected chi connectivity index (χ4v) is 2.55. The maximum atomic E-state index is 11.9. The van der Waals surface area contributed by atoms with Crippen LogP contribution in [0.2, 0.25) is 5.02 Å². The van der Waals surface area contributed by atoms with Crippen molar-refractivity contribution in [3.8, 4) is 11.5 Å². The minimum Gasteiger partial charge on any atom is -0.493 e. The minimum atomic E-state index is -1.01. The fourth-order valence-electron chi connectivity index (χ4n) is 2.35. The summed E-state index contributed by atoms with van der Waals surface area (Å²) >= 11 is 6.00. The van der Waals surface area contributed by atoms with Crippen molar-refractivity contribution >= 4 is 23.4 Å². The summed E-state index contributed by atoms with van der Waals surface area (Å²) in [5.74, 6) is -0.676. The summed E-state index contributed by atoms with van der Waals surface area (Å²) in [6.07, 6.45) is -1.01. The summed E-state index contributed by atoms with van der Waals surface area (Å²) in [4.78, 5) is 23.8. The van der Waals surface area contributed by atoms with Gasteiger partial charge in [-0.1, -0.05) is 35.9 Å². The molecule has 8 heteroatoms. The highest BCUT2D eigenvalue weighted by Crippen LogP contribution is 2.29. The zero-order chi connectivity index (χ0) is 19.8. The normalized spacial score (nSPS) is 11.4. The van der Waals surface area contributed by atoms with Gasteiger partial charge in [-0.2, -0.15) is 0 Å². The molecule has 0 aliphatic heterocycles. The van der Waals surface area contributed by atoms with Crippen molar-refractivity contribution in [2.45, 2.75) is 12.6 Å². The molecular weight excluding hydrogens is 372 g/mol. The standard InChI is InChI=1S/C19H21ClN2O5/c1-26-16-8-7-12(9-17(16)27-2)15(23)11-22-19(25)18(24)21-10-13-5-3-4-6-14(13)20/h3-9,15,23H,10-11H2,1-2H3,(H,21,24)(H,22,25). The Morgan fingerprint density at radius 3 is 2.37 bits per heavy atom. The summed E-state index contributed by atoms with van der Waals surface area (Å²) in [5.41, 5.74) is 1.22. The maximum Gasteiger partial charge on any atom is 0.309 e. The third-order valence-corrected chi connectivity index (χ3v) is 4.22. The van der Waals surface area contributed by atoms with Gasteiger partial charge in [0, 0.05) is 18.1 Å². The predicted molar refractivity (Wildman–Crippen MR) is 101 cm³/mol. The van der Waals surface area contributed by atoms with Crippen LogP contribution < -0.4 is 20.1 Å². The number of carbonyl (C=O) groups is 2. The Morgan fingerprint density at radius 2 is 1.70 bits per heavy atom. The van der Waals surface area contributed by atoms with Gasteiger partial charge in [0.2, 0.25) is 0 Å². The van der Waals surface area contributed by atoms with Crippen molar-refractivity contribution in [1.29, 1.82) is 0 Å². The lowest BCUT2D eigenvalue weighted by molar-refractivity contribution is -0.139. The molecule has 0 aliphatic rings. The number of amides is 2. The molecule has 0 fully saturated rings. The van der Waals surface area contributed by atoms with Gasteiger partial charge in [-0.05, 0) is 29.3 Å². The zero-order valence-electron chi connectivity index (χ0n) is 15.0. The van der Waals surface area contributed by atoms with E-state index in [0.717, 1.165) is 0 Å². The Kier molecular flexibility index (Phi) is 7.45. The summed E-state index contributed by atoms with van der Waals surface area (Å²) < 4.78 is 10.3. The van der Waals surface area contributed by atoms with Gasteiger partial charge in [-0.15, -0.1) is 0 Å². The SMILES string of the molecule is COc1ccc(C(O)CNC(=O)C(=O)NCc2ccccc2Cl)cc1OC. The van der Waals surface area contributed by atoms with Crippen LogP contribution in [0.25, 0.3) is 0 Å². The van der Waals surface area contributed by atoms with Gasteiger partial charge in [0.05, 0.1) is 20.3 Å². The quantitative estimate of drug-likeness (QED) is 0.624. The second-order valence-electron chi connectivity index (χ2n) is 5.61. The molecule has 27 heavy (non-hydrogen) atoms. The minimum absolute atomic E-state index is 0.129. The van der Waals surface area contributed by atoms with Crippen LogP contribution in [0, 0.1) is 0 Å². The number of carbonyl (C=O) groups excluding carboxylic acids is 2. The lowest BCUT2D eigenvalue weighted by atomic mass is 10.1. The molecule has 2 aromatic carbocycles. The number of aliphatic hydroxyl groups is 1. The molecule has 1 atom stereocenters. The van der Waals surface area contributed by atoms with E-state index in [0.29, 0.717) is 27.6 Å². The lowest BCUT2D eigenvalue weighted by Gasteiger charge is -2.15. The molecule has 7 nitrogen and oxygen atoms in total. The number of rotatable bonds is 7. The van der Waals surface area contributed by atoms with Crippen molar-refractivity contribution in [3.63, 3.8) is 0 Å². The van der Waals surface area contributed by atoms with E-state index in [-0.39, 0.29) is 13.1 Å². The molecule has 0 radical (unpaired) electrons. The number of halogens is 1. The topological polar surface area (TPSA) is 96.9 Å². The molecule has 0 aliphatic carbocycles. The van der Waals surface area contributed by atoms with E-state index in [4.69, 9.17) is 21.1 Å². The first-order valence-electron chi connectivity index (χ1n) is 8.15. The third-order valence-electron chi connectivity index (χ3n) is 3.85. The monoisotopic (exact) mass is 392 g/mol. The summed E-state index contributed by atoms with van der Waals surface area (Å²) in [6, 6.07) is 11.9. The van der Waals surface area contributed by atoms with Crippen LogP contribution >= 0.6 is 11.6 Å². The smallest absolute Gasteiger partial charge is 0.309 e. The second kappa shape index (κ2) is 9.80. The second-order valence-corrected chi connectivity index (χ2v) is 6.02. The van der Waals surface area contributed by atoms with Gasteiger partial charge in [-0.3, -0.25) is 9.59 Å². The largest absolute Gasteiger partial charge is 0.493 e. The maximum absolute atomic E-state index is 11.9. The molecule has 3 N–H and O–H groups in total. The molecule has 0 heterocycles. The molecule has 2 amide bonds. The Hall–Kier alpha value is -2.77. The first-order chi connectivity index (χ1) is 13.0. The van der Waals surface area contributed by atoms with Crippen LogP contribution in [0.1, 0.15) is 17.2 Å². The highest BCUT2D eigenvalue weighted by Gasteiger charge is 2.17. The van der Waals surface area contributed by atoms with Crippen molar-refractivity contribution in [2.24, 2.45) is 0 Å². The Balaban J connectivity index is 1.87. The molecular formula is C19H21ClN2O5. The Bertz CT molecular complexity index is 812. The molecule has 0 saturated heterocycles. The first kappa shape index (κ1) is 20.5. The first-order valence-corrected chi connectivity index (χ1v) is 8.53. The zero-order valence-corrected chi connectivity index (χ0v) is 15.7. The van der Waals surface area contributed by atoms with Gasteiger partial charge in [0.15, 0.2) is 11.5 Å². The Morgan fingerprint density at radius 1 is 1.04 bits per heavy atom. The van der Waals surface area contributed by atoms with Crippen molar-refractivity contribution in [2.75, 3.05) is 20.8 Å². The fraction of sp³-hybridized carbons (Fsp3) is 0.263. The van der Waals surface area contributed by atoms with Crippen LogP contribution in [0.3, 0.4) is 0 Å². The molecule has 0 aromatic heterocycles. The lowest BCUT2D eigenvalue weighted by Crippen LogP contribution is -2.41. The predicted octanol–water partition coefficient (Wildman–Crippen LogP) is 1.82. The van der Waals surface area contributed by atoms with E-state index in [1.165, 1.54) is 14.2 Å². The number of hydrogen-bond donors (Lipinski definition) is 3. The van der Waals surface area contributed by atoms with E-state index < -0.39 is 17.9 Å². The number of aliphatic hydroxyl groups excluding tert-OH is 1. The van der Waals surface area contributed by atoms with Crippen LogP contribution in [0.4, 0.5) is 0 Å². The van der Waals surface area contributed by atoms with Crippen molar-refractivity contribution < 1.29 is 24.2 Å². The third kappa shape index (κ3) is 5.60. The van der Waals surface area contributed by atoms with E-state index in [9.17, 15) is 14.7 Å². The molecule has 0 saturated carbocycles. The average Bonchev–Trinajstić information content (AvgIpc) is 2.70. The molecule has 2 rings (SSSR count). The van der Waals surface area contributed by atoms with E-state index in [2.05, 4.69) is 10.6 Å². The highest BCUT2D eigenvalue weighted by molar-refractivity contribution is 6.35. The molecule has 0 bridgehead atoms. The van der Waals surface area contributed by atoms with Crippen molar-refractivity contribution in [1.82, 2.24) is 10.6 Å². The molecule has 2 aromatic rings. The van der Waals surface area contributed by atoms with Crippen LogP contribution in [-0.2, 0) is 16.1 Å². The summed E-state index contributed by atoms with van der Waals surface area (Å²) in [5, 5.41) is 15.6. The Labute approximate surface area is 162 Å². The number of benzene rings is 2.